The maximum Gasteiger partial charge on any atom is 0.214 e. The van der Waals surface area contributed by atoms with Gasteiger partial charge in [0.15, 0.2) is 0 Å². The van der Waals surface area contributed by atoms with Gasteiger partial charge < -0.3 is 10.1 Å². The van der Waals surface area contributed by atoms with Gasteiger partial charge in [0.05, 0.1) is 5.02 Å². The molecule has 0 saturated heterocycles. The standard InChI is InChI=1S/C15H25ClN2O/c1-7-15(5,6)19-13-8-11(12(16)10-17-13)9-18-14(2,3)4/h8,10,18H,7,9H2,1-6H3. The Morgan fingerprint density at radius 1 is 1.26 bits per heavy atom. The van der Waals surface area contributed by atoms with E-state index in [1.54, 1.807) is 6.20 Å². The SMILES string of the molecule is CCC(C)(C)Oc1cc(CNC(C)(C)C)c(Cl)cn1. The lowest BCUT2D eigenvalue weighted by atomic mass is 10.1. The summed E-state index contributed by atoms with van der Waals surface area (Å²) in [5, 5.41) is 4.08. The molecular formula is C15H25ClN2O. The summed E-state index contributed by atoms with van der Waals surface area (Å²) in [5.74, 6) is 0.627. The number of nitrogens with zero attached hydrogens (tertiary/aromatic N) is 1. The molecule has 0 spiro atoms. The minimum absolute atomic E-state index is 0.0519. The molecule has 1 rings (SSSR count). The number of hydrogen-bond acceptors (Lipinski definition) is 3. The summed E-state index contributed by atoms with van der Waals surface area (Å²) < 4.78 is 5.88. The van der Waals surface area contributed by atoms with Crippen molar-refractivity contribution in [3.8, 4) is 5.88 Å². The second kappa shape index (κ2) is 6.10. The van der Waals surface area contributed by atoms with E-state index >= 15 is 0 Å². The van der Waals surface area contributed by atoms with Crippen molar-refractivity contribution in [2.75, 3.05) is 0 Å². The molecule has 108 valence electrons. The van der Waals surface area contributed by atoms with Crippen LogP contribution in [0.1, 0.15) is 53.5 Å². The predicted octanol–water partition coefficient (Wildman–Crippen LogP) is 4.19. The van der Waals surface area contributed by atoms with Crippen LogP contribution in [-0.2, 0) is 6.54 Å². The summed E-state index contributed by atoms with van der Waals surface area (Å²) in [5.41, 5.74) is 0.847. The zero-order valence-corrected chi connectivity index (χ0v) is 13.6. The Morgan fingerprint density at radius 2 is 1.89 bits per heavy atom. The van der Waals surface area contributed by atoms with Crippen molar-refractivity contribution in [3.63, 3.8) is 0 Å². The lowest BCUT2D eigenvalue weighted by molar-refractivity contribution is 0.0989. The Kier molecular flexibility index (Phi) is 5.22. The van der Waals surface area contributed by atoms with Gasteiger partial charge in [0.25, 0.3) is 0 Å². The lowest BCUT2D eigenvalue weighted by Gasteiger charge is -2.25. The zero-order chi connectivity index (χ0) is 14.7. The highest BCUT2D eigenvalue weighted by molar-refractivity contribution is 6.31. The van der Waals surface area contributed by atoms with E-state index in [4.69, 9.17) is 16.3 Å². The van der Waals surface area contributed by atoms with Crippen LogP contribution in [0.4, 0.5) is 0 Å². The van der Waals surface area contributed by atoms with Crippen LogP contribution in [0.3, 0.4) is 0 Å². The van der Waals surface area contributed by atoms with Crippen molar-refractivity contribution in [1.82, 2.24) is 10.3 Å². The molecule has 0 radical (unpaired) electrons. The van der Waals surface area contributed by atoms with Crippen molar-refractivity contribution in [2.24, 2.45) is 0 Å². The molecule has 0 amide bonds. The molecule has 19 heavy (non-hydrogen) atoms. The van der Waals surface area contributed by atoms with Crippen LogP contribution >= 0.6 is 11.6 Å². The van der Waals surface area contributed by atoms with Gasteiger partial charge in [0, 0.05) is 24.3 Å². The zero-order valence-electron chi connectivity index (χ0n) is 12.8. The quantitative estimate of drug-likeness (QED) is 0.880. The summed E-state index contributed by atoms with van der Waals surface area (Å²) in [6.45, 7) is 13.3. The van der Waals surface area contributed by atoms with Gasteiger partial charge >= 0.3 is 0 Å². The van der Waals surface area contributed by atoms with Crippen LogP contribution in [0.5, 0.6) is 5.88 Å². The van der Waals surface area contributed by atoms with Gasteiger partial charge in [-0.15, -0.1) is 0 Å². The van der Waals surface area contributed by atoms with Crippen LogP contribution < -0.4 is 10.1 Å². The molecule has 4 heteroatoms. The monoisotopic (exact) mass is 284 g/mol. The minimum atomic E-state index is -0.213. The number of rotatable bonds is 5. The van der Waals surface area contributed by atoms with Gasteiger partial charge in [-0.1, -0.05) is 18.5 Å². The number of aromatic nitrogens is 1. The fourth-order valence-electron chi connectivity index (χ4n) is 1.37. The van der Waals surface area contributed by atoms with E-state index in [0.717, 1.165) is 12.0 Å². The molecule has 3 nitrogen and oxygen atoms in total. The Labute approximate surface area is 121 Å². The maximum absolute atomic E-state index is 6.17. The molecule has 0 aromatic carbocycles. The highest BCUT2D eigenvalue weighted by Crippen LogP contribution is 2.24. The second-order valence-corrected chi connectivity index (χ2v) is 6.84. The molecule has 0 saturated carbocycles. The van der Waals surface area contributed by atoms with Gasteiger partial charge in [-0.2, -0.15) is 0 Å². The number of halogens is 1. The fourth-order valence-corrected chi connectivity index (χ4v) is 1.54. The molecule has 0 aliphatic heterocycles. The average Bonchev–Trinajstić information content (AvgIpc) is 2.28. The smallest absolute Gasteiger partial charge is 0.214 e. The molecule has 0 aliphatic rings. The van der Waals surface area contributed by atoms with Crippen LogP contribution in [0.15, 0.2) is 12.3 Å². The summed E-state index contributed by atoms with van der Waals surface area (Å²) in [4.78, 5) is 4.23. The van der Waals surface area contributed by atoms with Crippen LogP contribution in [0.2, 0.25) is 5.02 Å². The van der Waals surface area contributed by atoms with E-state index in [2.05, 4.69) is 51.8 Å². The third-order valence-electron chi connectivity index (χ3n) is 2.95. The van der Waals surface area contributed by atoms with Gasteiger partial charge in [-0.05, 0) is 46.6 Å². The molecule has 0 aliphatic carbocycles. The van der Waals surface area contributed by atoms with E-state index in [9.17, 15) is 0 Å². The lowest BCUT2D eigenvalue weighted by Crippen LogP contribution is -2.35. The van der Waals surface area contributed by atoms with Gasteiger partial charge in [0.2, 0.25) is 5.88 Å². The average molecular weight is 285 g/mol. The number of pyridine rings is 1. The highest BCUT2D eigenvalue weighted by Gasteiger charge is 2.18. The van der Waals surface area contributed by atoms with Crippen molar-refractivity contribution >= 4 is 11.6 Å². The molecule has 0 unspecified atom stereocenters. The first-order valence-electron chi connectivity index (χ1n) is 6.71. The van der Waals surface area contributed by atoms with Crippen molar-refractivity contribution in [2.45, 2.75) is 65.6 Å². The van der Waals surface area contributed by atoms with Crippen LogP contribution in [0.25, 0.3) is 0 Å². The molecule has 0 fully saturated rings. The van der Waals surface area contributed by atoms with E-state index in [0.29, 0.717) is 17.4 Å². The molecule has 0 atom stereocenters. The molecule has 1 aromatic rings. The molecule has 1 heterocycles. The van der Waals surface area contributed by atoms with Crippen molar-refractivity contribution in [1.29, 1.82) is 0 Å². The summed E-state index contributed by atoms with van der Waals surface area (Å²) in [6.07, 6.45) is 2.58. The topological polar surface area (TPSA) is 34.1 Å². The molecular weight excluding hydrogens is 260 g/mol. The largest absolute Gasteiger partial charge is 0.472 e. The predicted molar refractivity (Wildman–Crippen MR) is 80.8 cm³/mol. The van der Waals surface area contributed by atoms with Crippen LogP contribution in [0, 0.1) is 0 Å². The first kappa shape index (κ1) is 16.3. The van der Waals surface area contributed by atoms with Crippen molar-refractivity contribution in [3.05, 3.63) is 22.8 Å². The second-order valence-electron chi connectivity index (χ2n) is 6.43. The van der Waals surface area contributed by atoms with Gasteiger partial charge in [-0.25, -0.2) is 4.98 Å². The molecule has 0 bridgehead atoms. The third kappa shape index (κ3) is 5.79. The Bertz CT molecular complexity index is 425. The van der Waals surface area contributed by atoms with Crippen molar-refractivity contribution < 1.29 is 4.74 Å². The summed E-state index contributed by atoms with van der Waals surface area (Å²) in [6, 6.07) is 1.92. The van der Waals surface area contributed by atoms with E-state index in [-0.39, 0.29) is 11.1 Å². The third-order valence-corrected chi connectivity index (χ3v) is 3.29. The normalized spacial score (nSPS) is 12.6. The first-order valence-corrected chi connectivity index (χ1v) is 7.09. The number of ether oxygens (including phenoxy) is 1. The van der Waals surface area contributed by atoms with Crippen LogP contribution in [-0.4, -0.2) is 16.1 Å². The molecule has 1 aromatic heterocycles. The summed E-state index contributed by atoms with van der Waals surface area (Å²) >= 11 is 6.17. The Hall–Kier alpha value is -0.800. The Morgan fingerprint density at radius 3 is 2.42 bits per heavy atom. The minimum Gasteiger partial charge on any atom is -0.472 e. The van der Waals surface area contributed by atoms with Gasteiger partial charge in [0.1, 0.15) is 5.60 Å². The van der Waals surface area contributed by atoms with E-state index in [1.165, 1.54) is 0 Å². The van der Waals surface area contributed by atoms with E-state index in [1.807, 2.05) is 6.07 Å². The number of hydrogen-bond donors (Lipinski definition) is 1. The summed E-state index contributed by atoms with van der Waals surface area (Å²) in [7, 11) is 0. The fraction of sp³-hybridized carbons (Fsp3) is 0.667. The van der Waals surface area contributed by atoms with E-state index < -0.39 is 0 Å². The Balaban J connectivity index is 2.82. The van der Waals surface area contributed by atoms with Gasteiger partial charge in [-0.3, -0.25) is 0 Å². The molecule has 1 N–H and O–H groups in total. The highest BCUT2D eigenvalue weighted by atomic mass is 35.5. The first-order chi connectivity index (χ1) is 8.63. The maximum atomic E-state index is 6.17. The number of nitrogens with one attached hydrogen (secondary N) is 1.